The van der Waals surface area contributed by atoms with Crippen LogP contribution in [0.4, 0.5) is 0 Å². The molecule has 1 amide bonds. The fraction of sp³-hybridized carbons (Fsp3) is 0.923. The minimum Gasteiger partial charge on any atom is -0.366 e. The molecule has 0 spiro atoms. The van der Waals surface area contributed by atoms with E-state index in [0.29, 0.717) is 6.04 Å². The van der Waals surface area contributed by atoms with Gasteiger partial charge in [0.15, 0.2) is 0 Å². The maximum Gasteiger partial charge on any atom is 0.246 e. The first-order chi connectivity index (χ1) is 7.44. The second-order valence-corrected chi connectivity index (χ2v) is 6.25. The van der Waals surface area contributed by atoms with Crippen molar-refractivity contribution < 1.29 is 9.53 Å². The van der Waals surface area contributed by atoms with Gasteiger partial charge >= 0.3 is 0 Å². The lowest BCUT2D eigenvalue weighted by Crippen LogP contribution is -2.41. The number of amides is 1. The van der Waals surface area contributed by atoms with Gasteiger partial charge in [-0.3, -0.25) is 4.79 Å². The largest absolute Gasteiger partial charge is 0.366 e. The predicted octanol–water partition coefficient (Wildman–Crippen LogP) is 2.11. The van der Waals surface area contributed by atoms with Crippen LogP contribution in [0.5, 0.6) is 0 Å². The first kappa shape index (κ1) is 11.9. The highest BCUT2D eigenvalue weighted by molar-refractivity contribution is 5.77. The van der Waals surface area contributed by atoms with Crippen molar-refractivity contribution in [3.05, 3.63) is 0 Å². The fourth-order valence-electron chi connectivity index (χ4n) is 2.95. The molecule has 0 heterocycles. The van der Waals surface area contributed by atoms with Gasteiger partial charge in [-0.1, -0.05) is 6.42 Å². The zero-order valence-electron chi connectivity index (χ0n) is 10.6. The summed E-state index contributed by atoms with van der Waals surface area (Å²) in [6.45, 7) is 6.10. The highest BCUT2D eigenvalue weighted by Gasteiger charge is 2.40. The van der Waals surface area contributed by atoms with Crippen molar-refractivity contribution in [3.8, 4) is 0 Å². The Bertz CT molecular complexity index is 270. The van der Waals surface area contributed by atoms with Gasteiger partial charge in [-0.2, -0.15) is 0 Å². The molecule has 3 atom stereocenters. The maximum absolute atomic E-state index is 11.7. The summed E-state index contributed by atoms with van der Waals surface area (Å²) in [5.41, 5.74) is -0.230. The molecule has 16 heavy (non-hydrogen) atoms. The fourth-order valence-corrected chi connectivity index (χ4v) is 2.95. The molecule has 2 aliphatic rings. The van der Waals surface area contributed by atoms with Crippen LogP contribution in [-0.4, -0.2) is 24.2 Å². The molecule has 0 aromatic heterocycles. The summed E-state index contributed by atoms with van der Waals surface area (Å²) in [4.78, 5) is 11.7. The SMILES string of the molecule is CC(C)(C)OCC(=O)NC1CC2CCC1C2. The van der Waals surface area contributed by atoms with E-state index in [9.17, 15) is 4.79 Å². The molecule has 2 aliphatic carbocycles. The van der Waals surface area contributed by atoms with Gasteiger partial charge in [0.1, 0.15) is 6.61 Å². The van der Waals surface area contributed by atoms with Crippen molar-refractivity contribution in [2.45, 2.75) is 58.1 Å². The van der Waals surface area contributed by atoms with Crippen molar-refractivity contribution in [2.24, 2.45) is 11.8 Å². The van der Waals surface area contributed by atoms with Gasteiger partial charge in [-0.15, -0.1) is 0 Å². The number of fused-ring (bicyclic) bond motifs is 2. The Balaban J connectivity index is 1.72. The molecule has 1 N–H and O–H groups in total. The number of nitrogens with one attached hydrogen (secondary N) is 1. The molecule has 3 nitrogen and oxygen atoms in total. The smallest absolute Gasteiger partial charge is 0.246 e. The summed E-state index contributed by atoms with van der Waals surface area (Å²) in [6, 6.07) is 0.426. The Morgan fingerprint density at radius 1 is 1.31 bits per heavy atom. The van der Waals surface area contributed by atoms with Crippen LogP contribution in [0, 0.1) is 11.8 Å². The van der Waals surface area contributed by atoms with Crippen LogP contribution in [-0.2, 0) is 9.53 Å². The van der Waals surface area contributed by atoms with Crippen LogP contribution >= 0.6 is 0 Å². The van der Waals surface area contributed by atoms with E-state index in [-0.39, 0.29) is 18.1 Å². The number of rotatable bonds is 3. The zero-order chi connectivity index (χ0) is 11.8. The third-order valence-corrected chi connectivity index (χ3v) is 3.72. The van der Waals surface area contributed by atoms with Gasteiger partial charge < -0.3 is 10.1 Å². The monoisotopic (exact) mass is 225 g/mol. The standard InChI is InChI=1S/C13H23NO2/c1-13(2,3)16-8-12(15)14-11-7-9-4-5-10(11)6-9/h9-11H,4-8H2,1-3H3,(H,14,15). The Labute approximate surface area is 97.9 Å². The average molecular weight is 225 g/mol. The first-order valence-corrected chi connectivity index (χ1v) is 6.37. The van der Waals surface area contributed by atoms with E-state index in [1.807, 2.05) is 20.8 Å². The Kier molecular flexibility index (Phi) is 3.24. The molecule has 2 saturated carbocycles. The molecule has 0 radical (unpaired) electrons. The second kappa shape index (κ2) is 4.36. The molecule has 2 rings (SSSR count). The topological polar surface area (TPSA) is 38.3 Å². The summed E-state index contributed by atoms with van der Waals surface area (Å²) in [6.07, 6.45) is 5.18. The summed E-state index contributed by atoms with van der Waals surface area (Å²) in [5, 5.41) is 3.12. The van der Waals surface area contributed by atoms with E-state index in [4.69, 9.17) is 4.74 Å². The van der Waals surface area contributed by atoms with Gasteiger partial charge in [-0.25, -0.2) is 0 Å². The van der Waals surface area contributed by atoms with Gasteiger partial charge in [0.05, 0.1) is 5.60 Å². The van der Waals surface area contributed by atoms with E-state index < -0.39 is 0 Å². The van der Waals surface area contributed by atoms with E-state index in [1.54, 1.807) is 0 Å². The second-order valence-electron chi connectivity index (χ2n) is 6.25. The van der Waals surface area contributed by atoms with Crippen LogP contribution in [0.25, 0.3) is 0 Å². The maximum atomic E-state index is 11.7. The van der Waals surface area contributed by atoms with E-state index in [2.05, 4.69) is 5.32 Å². The molecule has 2 bridgehead atoms. The third kappa shape index (κ3) is 2.97. The molecule has 0 aromatic rings. The Morgan fingerprint density at radius 3 is 2.56 bits per heavy atom. The van der Waals surface area contributed by atoms with Crippen LogP contribution in [0.1, 0.15) is 46.5 Å². The Hall–Kier alpha value is -0.570. The highest BCUT2D eigenvalue weighted by Crippen LogP contribution is 2.44. The summed E-state index contributed by atoms with van der Waals surface area (Å²) in [5.74, 6) is 1.66. The van der Waals surface area contributed by atoms with Crippen LogP contribution in [0.3, 0.4) is 0 Å². The predicted molar refractivity (Wildman–Crippen MR) is 63.1 cm³/mol. The van der Waals surface area contributed by atoms with Crippen molar-refractivity contribution >= 4 is 5.91 Å². The summed E-state index contributed by atoms with van der Waals surface area (Å²) in [7, 11) is 0. The molecular formula is C13H23NO2. The molecule has 3 heteroatoms. The number of hydrogen-bond donors (Lipinski definition) is 1. The van der Waals surface area contributed by atoms with Gasteiger partial charge in [-0.05, 0) is 51.9 Å². The lowest BCUT2D eigenvalue weighted by atomic mass is 9.95. The van der Waals surface area contributed by atoms with Crippen molar-refractivity contribution in [1.82, 2.24) is 5.32 Å². The van der Waals surface area contributed by atoms with Gasteiger partial charge in [0.25, 0.3) is 0 Å². The lowest BCUT2D eigenvalue weighted by Gasteiger charge is -2.24. The molecule has 0 aliphatic heterocycles. The summed E-state index contributed by atoms with van der Waals surface area (Å²) < 4.78 is 5.47. The third-order valence-electron chi connectivity index (χ3n) is 3.72. The van der Waals surface area contributed by atoms with Crippen molar-refractivity contribution in [3.63, 3.8) is 0 Å². The van der Waals surface area contributed by atoms with Crippen molar-refractivity contribution in [2.75, 3.05) is 6.61 Å². The summed E-state index contributed by atoms with van der Waals surface area (Å²) >= 11 is 0. The van der Waals surface area contributed by atoms with E-state index in [0.717, 1.165) is 11.8 Å². The molecule has 2 fully saturated rings. The van der Waals surface area contributed by atoms with Gasteiger partial charge in [0, 0.05) is 6.04 Å². The number of carbonyl (C=O) groups is 1. The van der Waals surface area contributed by atoms with Crippen LogP contribution in [0.15, 0.2) is 0 Å². The van der Waals surface area contributed by atoms with E-state index in [1.165, 1.54) is 25.7 Å². The lowest BCUT2D eigenvalue weighted by molar-refractivity contribution is -0.131. The van der Waals surface area contributed by atoms with Gasteiger partial charge in [0.2, 0.25) is 5.91 Å². The number of hydrogen-bond acceptors (Lipinski definition) is 2. The molecule has 0 saturated heterocycles. The molecule has 3 unspecified atom stereocenters. The van der Waals surface area contributed by atoms with E-state index >= 15 is 0 Å². The Morgan fingerprint density at radius 2 is 2.06 bits per heavy atom. The highest BCUT2D eigenvalue weighted by atomic mass is 16.5. The number of carbonyl (C=O) groups excluding carboxylic acids is 1. The zero-order valence-corrected chi connectivity index (χ0v) is 10.6. The molecule has 0 aromatic carbocycles. The number of ether oxygens (including phenoxy) is 1. The quantitative estimate of drug-likeness (QED) is 0.799. The molecular weight excluding hydrogens is 202 g/mol. The minimum absolute atomic E-state index is 0.0486. The van der Waals surface area contributed by atoms with Crippen molar-refractivity contribution in [1.29, 1.82) is 0 Å². The molecule has 92 valence electrons. The average Bonchev–Trinajstić information content (AvgIpc) is 2.75. The normalized spacial score (nSPS) is 33.1. The first-order valence-electron chi connectivity index (χ1n) is 6.37. The van der Waals surface area contributed by atoms with Crippen LogP contribution in [0.2, 0.25) is 0 Å². The minimum atomic E-state index is -0.230. The van der Waals surface area contributed by atoms with Crippen LogP contribution < -0.4 is 5.32 Å².